The molecule has 1 aliphatic rings. The molecular weight excluding hydrogens is 394 g/mol. The van der Waals surface area contributed by atoms with Gasteiger partial charge in [0.15, 0.2) is 5.65 Å². The molecule has 3 aromatic heterocycles. The summed E-state index contributed by atoms with van der Waals surface area (Å²) in [5.41, 5.74) is 6.02. The lowest BCUT2D eigenvalue weighted by Crippen LogP contribution is -2.30. The van der Waals surface area contributed by atoms with Gasteiger partial charge in [0.25, 0.3) is 0 Å². The summed E-state index contributed by atoms with van der Waals surface area (Å²) in [6.07, 6.45) is 3.19. The van der Waals surface area contributed by atoms with E-state index in [1.165, 1.54) is 4.70 Å². The highest BCUT2D eigenvalue weighted by Gasteiger charge is 2.32. The zero-order valence-electron chi connectivity index (χ0n) is 17.6. The molecule has 4 aromatic rings. The van der Waals surface area contributed by atoms with Crippen LogP contribution < -0.4 is 0 Å². The lowest BCUT2D eigenvalue weighted by atomic mass is 10.1. The van der Waals surface area contributed by atoms with Crippen LogP contribution in [0, 0.1) is 20.8 Å². The number of para-hydroxylation sites is 1. The largest absolute Gasteiger partial charge is 0.333 e. The third-order valence-electron chi connectivity index (χ3n) is 6.04. The summed E-state index contributed by atoms with van der Waals surface area (Å²) in [5.74, 6) is 0.201. The highest BCUT2D eigenvalue weighted by atomic mass is 32.1. The minimum atomic E-state index is 0.103. The van der Waals surface area contributed by atoms with Crippen molar-refractivity contribution in [1.29, 1.82) is 0 Å². The van der Waals surface area contributed by atoms with E-state index in [4.69, 9.17) is 4.98 Å². The molecule has 1 aromatic carbocycles. The number of fused-ring (bicyclic) bond motifs is 2. The molecule has 1 saturated heterocycles. The Morgan fingerprint density at radius 2 is 2.03 bits per heavy atom. The average Bonchev–Trinajstić information content (AvgIpc) is 3.44. The molecule has 1 amide bonds. The van der Waals surface area contributed by atoms with Crippen molar-refractivity contribution in [2.45, 2.75) is 52.5 Å². The maximum absolute atomic E-state index is 13.2. The molecule has 6 nitrogen and oxygen atoms in total. The summed E-state index contributed by atoms with van der Waals surface area (Å²) >= 11 is 1.71. The van der Waals surface area contributed by atoms with Crippen molar-refractivity contribution in [2.75, 3.05) is 6.54 Å². The normalized spacial score (nSPS) is 16.8. The summed E-state index contributed by atoms with van der Waals surface area (Å²) in [4.78, 5) is 24.7. The minimum Gasteiger partial charge on any atom is -0.333 e. The Morgan fingerprint density at radius 1 is 1.20 bits per heavy atom. The smallest absolute Gasteiger partial charge is 0.223 e. The summed E-state index contributed by atoms with van der Waals surface area (Å²) < 4.78 is 3.08. The molecular formula is C23H25N5OS. The van der Waals surface area contributed by atoms with Crippen molar-refractivity contribution in [2.24, 2.45) is 0 Å². The number of nitrogens with zero attached hydrogens (tertiary/aromatic N) is 5. The Kier molecular flexibility index (Phi) is 4.77. The second-order valence-corrected chi connectivity index (χ2v) is 9.14. The van der Waals surface area contributed by atoms with Gasteiger partial charge in [-0.2, -0.15) is 5.10 Å². The quantitative estimate of drug-likeness (QED) is 0.486. The van der Waals surface area contributed by atoms with Gasteiger partial charge in [0.2, 0.25) is 5.91 Å². The molecule has 5 rings (SSSR count). The molecule has 1 atom stereocenters. The van der Waals surface area contributed by atoms with Crippen LogP contribution in [0.3, 0.4) is 0 Å². The molecule has 0 spiro atoms. The van der Waals surface area contributed by atoms with Gasteiger partial charge in [0, 0.05) is 30.4 Å². The Hall–Kier alpha value is -2.80. The van der Waals surface area contributed by atoms with Crippen LogP contribution in [0.25, 0.3) is 15.9 Å². The van der Waals surface area contributed by atoms with E-state index in [2.05, 4.69) is 23.1 Å². The second-order valence-electron chi connectivity index (χ2n) is 8.08. The number of rotatable bonds is 4. The first-order valence-corrected chi connectivity index (χ1v) is 11.3. The van der Waals surface area contributed by atoms with Crippen LogP contribution in [-0.4, -0.2) is 36.9 Å². The highest BCUT2D eigenvalue weighted by molar-refractivity contribution is 7.18. The van der Waals surface area contributed by atoms with Gasteiger partial charge in [0.05, 0.1) is 22.0 Å². The van der Waals surface area contributed by atoms with Crippen LogP contribution in [-0.2, 0) is 11.2 Å². The Bertz CT molecular complexity index is 1220. The number of hydrogen-bond acceptors (Lipinski definition) is 5. The molecule has 0 bridgehead atoms. The average molecular weight is 420 g/mol. The van der Waals surface area contributed by atoms with Crippen LogP contribution in [0.5, 0.6) is 0 Å². The van der Waals surface area contributed by atoms with Gasteiger partial charge in [-0.05, 0) is 57.7 Å². The number of hydrogen-bond donors (Lipinski definition) is 0. The van der Waals surface area contributed by atoms with E-state index < -0.39 is 0 Å². The van der Waals surface area contributed by atoms with E-state index in [-0.39, 0.29) is 11.9 Å². The fourth-order valence-electron chi connectivity index (χ4n) is 4.53. The van der Waals surface area contributed by atoms with Crippen molar-refractivity contribution < 1.29 is 4.79 Å². The van der Waals surface area contributed by atoms with E-state index in [0.717, 1.165) is 58.2 Å². The molecule has 30 heavy (non-hydrogen) atoms. The molecule has 7 heteroatoms. The third kappa shape index (κ3) is 3.27. The fourth-order valence-corrected chi connectivity index (χ4v) is 5.65. The standard InChI is InChI=1S/C23H25N5OS/c1-14-13-21-24-15(2)17(16(3)28(21)26-14)10-11-22(29)27-12-6-8-19(27)23-25-18-7-4-5-9-20(18)30-23/h4-5,7,9,13,19H,6,8,10-12H2,1-3H3. The van der Waals surface area contributed by atoms with Gasteiger partial charge in [-0.15, -0.1) is 11.3 Å². The predicted octanol–water partition coefficient (Wildman–Crippen LogP) is 4.56. The SMILES string of the molecule is Cc1cc2nc(C)c(CCC(=O)N3CCCC3c3nc4ccccc4s3)c(C)n2n1. The van der Waals surface area contributed by atoms with Crippen molar-refractivity contribution >= 4 is 33.1 Å². The van der Waals surface area contributed by atoms with Crippen molar-refractivity contribution in [3.8, 4) is 0 Å². The first-order chi connectivity index (χ1) is 14.5. The van der Waals surface area contributed by atoms with E-state index >= 15 is 0 Å². The monoisotopic (exact) mass is 419 g/mol. The Morgan fingerprint density at radius 3 is 2.87 bits per heavy atom. The van der Waals surface area contributed by atoms with E-state index in [1.807, 2.05) is 47.5 Å². The number of thiazole rings is 1. The van der Waals surface area contributed by atoms with Crippen LogP contribution >= 0.6 is 11.3 Å². The summed E-state index contributed by atoms with van der Waals surface area (Å²) in [5, 5.41) is 5.60. The topological polar surface area (TPSA) is 63.4 Å². The van der Waals surface area contributed by atoms with Gasteiger partial charge >= 0.3 is 0 Å². The minimum absolute atomic E-state index is 0.103. The second kappa shape index (κ2) is 7.47. The van der Waals surface area contributed by atoms with Gasteiger partial charge in [-0.25, -0.2) is 14.5 Å². The van der Waals surface area contributed by atoms with Crippen molar-refractivity contribution in [1.82, 2.24) is 24.5 Å². The van der Waals surface area contributed by atoms with E-state index in [0.29, 0.717) is 12.8 Å². The third-order valence-corrected chi connectivity index (χ3v) is 7.18. The number of benzene rings is 1. The number of carbonyl (C=O) groups is 1. The molecule has 0 saturated carbocycles. The molecule has 1 aliphatic heterocycles. The van der Waals surface area contributed by atoms with Gasteiger partial charge in [-0.3, -0.25) is 4.79 Å². The Labute approximate surface area is 179 Å². The predicted molar refractivity (Wildman–Crippen MR) is 119 cm³/mol. The number of amides is 1. The maximum Gasteiger partial charge on any atom is 0.223 e. The van der Waals surface area contributed by atoms with Gasteiger partial charge < -0.3 is 4.90 Å². The van der Waals surface area contributed by atoms with Crippen molar-refractivity contribution in [3.05, 3.63) is 58.0 Å². The lowest BCUT2D eigenvalue weighted by Gasteiger charge is -2.23. The van der Waals surface area contributed by atoms with Crippen LogP contribution in [0.1, 0.15) is 53.0 Å². The van der Waals surface area contributed by atoms with Gasteiger partial charge in [-0.1, -0.05) is 12.1 Å². The van der Waals surface area contributed by atoms with Crippen LogP contribution in [0.15, 0.2) is 30.3 Å². The summed E-state index contributed by atoms with van der Waals surface area (Å²) in [6.45, 7) is 6.87. The number of aryl methyl sites for hydroxylation is 3. The van der Waals surface area contributed by atoms with E-state index in [9.17, 15) is 4.79 Å². The highest BCUT2D eigenvalue weighted by Crippen LogP contribution is 2.37. The number of aromatic nitrogens is 4. The fraction of sp³-hybridized carbons (Fsp3) is 0.391. The molecule has 1 unspecified atom stereocenters. The summed E-state index contributed by atoms with van der Waals surface area (Å²) in [7, 11) is 0. The number of carbonyl (C=O) groups excluding carboxylic acids is 1. The molecule has 4 heterocycles. The Balaban J connectivity index is 1.35. The summed E-state index contributed by atoms with van der Waals surface area (Å²) in [6, 6.07) is 10.3. The van der Waals surface area contributed by atoms with Crippen LogP contribution in [0.2, 0.25) is 0 Å². The zero-order chi connectivity index (χ0) is 20.8. The molecule has 0 N–H and O–H groups in total. The molecule has 0 radical (unpaired) electrons. The van der Waals surface area contributed by atoms with Crippen molar-refractivity contribution in [3.63, 3.8) is 0 Å². The zero-order valence-corrected chi connectivity index (χ0v) is 18.4. The van der Waals surface area contributed by atoms with E-state index in [1.54, 1.807) is 11.3 Å². The van der Waals surface area contributed by atoms with Crippen LogP contribution in [0.4, 0.5) is 0 Å². The first-order valence-electron chi connectivity index (χ1n) is 10.5. The molecule has 0 aliphatic carbocycles. The molecule has 154 valence electrons. The first kappa shape index (κ1) is 19.2. The number of likely N-dealkylation sites (tertiary alicyclic amines) is 1. The maximum atomic E-state index is 13.2. The lowest BCUT2D eigenvalue weighted by molar-refractivity contribution is -0.132. The molecule has 1 fully saturated rings. The van der Waals surface area contributed by atoms with Gasteiger partial charge in [0.1, 0.15) is 5.01 Å².